The maximum Gasteiger partial charge on any atom is 0.276 e. The largest absolute Gasteiger partial charge is 0.471 e. The quantitative estimate of drug-likeness (QED) is 0.294. The van der Waals surface area contributed by atoms with Gasteiger partial charge in [0.1, 0.15) is 17.2 Å². The molecule has 0 saturated carbocycles. The molecule has 10 heteroatoms. The highest BCUT2D eigenvalue weighted by molar-refractivity contribution is 6.03. The Hall–Kier alpha value is -4.73. The molecule has 0 bridgehead atoms. The summed E-state index contributed by atoms with van der Waals surface area (Å²) in [6.07, 6.45) is 4.67. The van der Waals surface area contributed by atoms with Crippen molar-refractivity contribution in [3.05, 3.63) is 100 Å². The predicted molar refractivity (Wildman–Crippen MR) is 124 cm³/mol. The number of aryl methyl sites for hydroxylation is 2. The Kier molecular flexibility index (Phi) is 6.49. The second-order valence-electron chi connectivity index (χ2n) is 7.50. The fourth-order valence-electron chi connectivity index (χ4n) is 3.21. The van der Waals surface area contributed by atoms with E-state index in [9.17, 15) is 14.9 Å². The van der Waals surface area contributed by atoms with Crippen molar-refractivity contribution in [2.45, 2.75) is 20.6 Å². The van der Waals surface area contributed by atoms with Gasteiger partial charge in [0.05, 0.1) is 22.9 Å². The lowest BCUT2D eigenvalue weighted by atomic mass is 10.1. The number of carbonyl (C=O) groups excluding carboxylic acids is 1. The average molecular weight is 459 g/mol. The first-order valence-electron chi connectivity index (χ1n) is 10.3. The summed E-state index contributed by atoms with van der Waals surface area (Å²) in [5.41, 5.74) is 2.23. The standard InChI is InChI=1S/C24H21N5O5/c1-16-5-6-23(17(2)10-16)33-15-28-9-7-22(27-28)24(30)26-18-11-19(29(31)32)13-21(12-18)34-20-4-3-8-25-14-20/h3-14H,15H2,1-2H3,(H,26,30). The van der Waals surface area contributed by atoms with Gasteiger partial charge in [-0.05, 0) is 43.7 Å². The van der Waals surface area contributed by atoms with Gasteiger partial charge in [-0.1, -0.05) is 17.7 Å². The van der Waals surface area contributed by atoms with Crippen LogP contribution in [0.25, 0.3) is 0 Å². The number of pyridine rings is 1. The van der Waals surface area contributed by atoms with Gasteiger partial charge in [0.15, 0.2) is 12.4 Å². The lowest BCUT2D eigenvalue weighted by Crippen LogP contribution is -2.14. The van der Waals surface area contributed by atoms with Crippen molar-refractivity contribution in [1.82, 2.24) is 14.8 Å². The van der Waals surface area contributed by atoms with E-state index in [2.05, 4.69) is 15.4 Å². The maximum absolute atomic E-state index is 12.7. The van der Waals surface area contributed by atoms with Crippen LogP contribution in [-0.2, 0) is 6.73 Å². The zero-order chi connectivity index (χ0) is 24.1. The van der Waals surface area contributed by atoms with E-state index >= 15 is 0 Å². The van der Waals surface area contributed by atoms with Crippen LogP contribution in [0.5, 0.6) is 17.2 Å². The van der Waals surface area contributed by atoms with Crippen LogP contribution in [0, 0.1) is 24.0 Å². The summed E-state index contributed by atoms with van der Waals surface area (Å²) in [6.45, 7) is 4.08. The molecule has 0 spiro atoms. The smallest absolute Gasteiger partial charge is 0.276 e. The fourth-order valence-corrected chi connectivity index (χ4v) is 3.21. The van der Waals surface area contributed by atoms with E-state index in [0.29, 0.717) is 5.75 Å². The van der Waals surface area contributed by atoms with Gasteiger partial charge in [-0.15, -0.1) is 0 Å². The molecule has 0 radical (unpaired) electrons. The number of nitrogens with zero attached hydrogens (tertiary/aromatic N) is 4. The summed E-state index contributed by atoms with van der Waals surface area (Å²) in [5, 5.41) is 18.2. The second-order valence-corrected chi connectivity index (χ2v) is 7.50. The number of nitro benzene ring substituents is 1. The highest BCUT2D eigenvalue weighted by atomic mass is 16.6. The molecular formula is C24H21N5O5. The maximum atomic E-state index is 12.7. The second kappa shape index (κ2) is 9.82. The first-order valence-corrected chi connectivity index (χ1v) is 10.3. The van der Waals surface area contributed by atoms with Gasteiger partial charge in [0.2, 0.25) is 0 Å². The van der Waals surface area contributed by atoms with Gasteiger partial charge in [-0.3, -0.25) is 19.9 Å². The number of aromatic nitrogens is 3. The lowest BCUT2D eigenvalue weighted by Gasteiger charge is -2.10. The van der Waals surface area contributed by atoms with Crippen molar-refractivity contribution >= 4 is 17.3 Å². The molecule has 10 nitrogen and oxygen atoms in total. The molecule has 2 aromatic heterocycles. The predicted octanol–water partition coefficient (Wildman–Crippen LogP) is 4.88. The van der Waals surface area contributed by atoms with E-state index in [1.807, 2.05) is 32.0 Å². The SMILES string of the molecule is Cc1ccc(OCn2ccc(C(=O)Nc3cc(Oc4cccnc4)cc([N+](=O)[O-])c3)n2)c(C)c1. The molecule has 0 atom stereocenters. The monoisotopic (exact) mass is 459 g/mol. The minimum atomic E-state index is -0.565. The van der Waals surface area contributed by atoms with Gasteiger partial charge in [-0.25, -0.2) is 4.68 Å². The molecule has 0 unspecified atom stereocenters. The molecule has 34 heavy (non-hydrogen) atoms. The van der Waals surface area contributed by atoms with Crippen molar-refractivity contribution in [3.8, 4) is 17.2 Å². The highest BCUT2D eigenvalue weighted by Gasteiger charge is 2.16. The van der Waals surface area contributed by atoms with Crippen LogP contribution in [0.1, 0.15) is 21.6 Å². The van der Waals surface area contributed by atoms with E-state index in [1.54, 1.807) is 24.5 Å². The minimum Gasteiger partial charge on any atom is -0.471 e. The molecule has 4 rings (SSSR count). The molecule has 1 N–H and O–H groups in total. The first kappa shape index (κ1) is 22.5. The van der Waals surface area contributed by atoms with E-state index in [4.69, 9.17) is 9.47 Å². The number of nitrogens with one attached hydrogen (secondary N) is 1. The highest BCUT2D eigenvalue weighted by Crippen LogP contribution is 2.29. The Balaban J connectivity index is 1.45. The Morgan fingerprint density at radius 1 is 1.12 bits per heavy atom. The Morgan fingerprint density at radius 3 is 2.71 bits per heavy atom. The van der Waals surface area contributed by atoms with Crippen LogP contribution >= 0.6 is 0 Å². The molecule has 0 aliphatic heterocycles. The van der Waals surface area contributed by atoms with Crippen LogP contribution < -0.4 is 14.8 Å². The first-order chi connectivity index (χ1) is 16.4. The van der Waals surface area contributed by atoms with Gasteiger partial charge in [-0.2, -0.15) is 5.10 Å². The lowest BCUT2D eigenvalue weighted by molar-refractivity contribution is -0.384. The van der Waals surface area contributed by atoms with Gasteiger partial charge < -0.3 is 14.8 Å². The zero-order valence-corrected chi connectivity index (χ0v) is 18.5. The van der Waals surface area contributed by atoms with E-state index in [1.165, 1.54) is 35.1 Å². The number of nitro groups is 1. The van der Waals surface area contributed by atoms with E-state index in [-0.39, 0.29) is 29.5 Å². The number of rotatable bonds is 8. The van der Waals surface area contributed by atoms with Gasteiger partial charge in [0.25, 0.3) is 11.6 Å². The van der Waals surface area contributed by atoms with Gasteiger partial charge in [0, 0.05) is 24.5 Å². The number of carbonyl (C=O) groups is 1. The Bertz CT molecular complexity index is 1340. The number of benzene rings is 2. The molecule has 0 aliphatic carbocycles. The third kappa shape index (κ3) is 5.54. The Morgan fingerprint density at radius 2 is 1.97 bits per heavy atom. The fraction of sp³-hybridized carbons (Fsp3) is 0.125. The van der Waals surface area contributed by atoms with Crippen molar-refractivity contribution in [2.75, 3.05) is 5.32 Å². The summed E-state index contributed by atoms with van der Waals surface area (Å²) in [4.78, 5) is 27.4. The molecule has 172 valence electrons. The summed E-state index contributed by atoms with van der Waals surface area (Å²) in [5.74, 6) is 0.788. The molecule has 0 aliphatic rings. The third-order valence-corrected chi connectivity index (χ3v) is 4.79. The Labute approximate surface area is 194 Å². The molecule has 4 aromatic rings. The van der Waals surface area contributed by atoms with Crippen LogP contribution in [0.2, 0.25) is 0 Å². The molecule has 2 heterocycles. The number of ether oxygens (including phenoxy) is 2. The summed E-state index contributed by atoms with van der Waals surface area (Å²) >= 11 is 0. The van der Waals surface area contributed by atoms with Crippen molar-refractivity contribution in [1.29, 1.82) is 0 Å². The van der Waals surface area contributed by atoms with Crippen molar-refractivity contribution < 1.29 is 19.2 Å². The van der Waals surface area contributed by atoms with Crippen LogP contribution in [0.3, 0.4) is 0 Å². The van der Waals surface area contributed by atoms with Crippen LogP contribution in [-0.4, -0.2) is 25.6 Å². The van der Waals surface area contributed by atoms with Gasteiger partial charge >= 0.3 is 0 Å². The molecule has 1 amide bonds. The third-order valence-electron chi connectivity index (χ3n) is 4.79. The van der Waals surface area contributed by atoms with E-state index in [0.717, 1.165) is 16.9 Å². The average Bonchev–Trinajstić information content (AvgIpc) is 3.28. The minimum absolute atomic E-state index is 0.122. The van der Waals surface area contributed by atoms with Crippen LogP contribution in [0.15, 0.2) is 73.2 Å². The number of hydrogen-bond acceptors (Lipinski definition) is 7. The number of hydrogen-bond donors (Lipinski definition) is 1. The molecule has 0 fully saturated rings. The molecule has 0 saturated heterocycles. The number of anilines is 1. The molecule has 2 aromatic carbocycles. The van der Waals surface area contributed by atoms with E-state index < -0.39 is 10.8 Å². The topological polar surface area (TPSA) is 121 Å². The normalized spacial score (nSPS) is 10.5. The number of amides is 1. The van der Waals surface area contributed by atoms with Crippen molar-refractivity contribution in [3.63, 3.8) is 0 Å². The summed E-state index contributed by atoms with van der Waals surface area (Å²) in [7, 11) is 0. The summed E-state index contributed by atoms with van der Waals surface area (Å²) in [6, 6.07) is 14.7. The number of non-ortho nitro benzene ring substituents is 1. The van der Waals surface area contributed by atoms with Crippen molar-refractivity contribution in [2.24, 2.45) is 0 Å². The summed E-state index contributed by atoms with van der Waals surface area (Å²) < 4.78 is 12.9. The van der Waals surface area contributed by atoms with Crippen LogP contribution in [0.4, 0.5) is 11.4 Å². The molecular weight excluding hydrogens is 438 g/mol. The zero-order valence-electron chi connectivity index (χ0n) is 18.5.